The van der Waals surface area contributed by atoms with Gasteiger partial charge < -0.3 is 14.8 Å². The molecule has 1 saturated carbocycles. The molecule has 1 heterocycles. The standard InChI is InChI=1S/C15H21N3O4/c1-21-10-15(7-4-8-15)18-14(20)17-12-6-3-5-11(16-12)9-13(19)22-2/h3,5-6H,4,7-10H2,1-2H3,(H2,16,17,18,20). The molecule has 7 heteroatoms. The van der Waals surface area contributed by atoms with Crippen LogP contribution in [0, 0.1) is 0 Å². The van der Waals surface area contributed by atoms with Crippen LogP contribution in [-0.2, 0) is 20.7 Å². The van der Waals surface area contributed by atoms with Crippen LogP contribution in [0.25, 0.3) is 0 Å². The first-order valence-corrected chi connectivity index (χ1v) is 7.18. The van der Waals surface area contributed by atoms with Gasteiger partial charge in [-0.15, -0.1) is 0 Å². The highest BCUT2D eigenvalue weighted by molar-refractivity contribution is 5.89. The molecule has 0 aliphatic heterocycles. The Balaban J connectivity index is 1.93. The van der Waals surface area contributed by atoms with Crippen molar-refractivity contribution >= 4 is 17.8 Å². The molecule has 0 spiro atoms. The summed E-state index contributed by atoms with van der Waals surface area (Å²) in [5, 5.41) is 5.63. The van der Waals surface area contributed by atoms with Gasteiger partial charge in [-0.25, -0.2) is 9.78 Å². The summed E-state index contributed by atoms with van der Waals surface area (Å²) in [4.78, 5) is 27.5. The number of urea groups is 1. The quantitative estimate of drug-likeness (QED) is 0.777. The van der Waals surface area contributed by atoms with Gasteiger partial charge in [-0.1, -0.05) is 6.07 Å². The molecule has 0 atom stereocenters. The fourth-order valence-corrected chi connectivity index (χ4v) is 2.44. The molecule has 7 nitrogen and oxygen atoms in total. The van der Waals surface area contributed by atoms with Crippen molar-refractivity contribution in [1.82, 2.24) is 10.3 Å². The molecular weight excluding hydrogens is 286 g/mol. The van der Waals surface area contributed by atoms with Crippen LogP contribution >= 0.6 is 0 Å². The number of nitrogens with zero attached hydrogens (tertiary/aromatic N) is 1. The van der Waals surface area contributed by atoms with E-state index >= 15 is 0 Å². The van der Waals surface area contributed by atoms with Gasteiger partial charge in [0.05, 0.1) is 31.4 Å². The third kappa shape index (κ3) is 4.17. The molecule has 0 saturated heterocycles. The van der Waals surface area contributed by atoms with Crippen molar-refractivity contribution in [2.24, 2.45) is 0 Å². The molecule has 2 rings (SSSR count). The van der Waals surface area contributed by atoms with Crippen molar-refractivity contribution in [3.8, 4) is 0 Å². The highest BCUT2D eigenvalue weighted by Gasteiger charge is 2.38. The largest absolute Gasteiger partial charge is 0.469 e. The molecule has 1 aliphatic carbocycles. The smallest absolute Gasteiger partial charge is 0.320 e. The molecule has 22 heavy (non-hydrogen) atoms. The summed E-state index contributed by atoms with van der Waals surface area (Å²) < 4.78 is 9.76. The molecule has 1 fully saturated rings. The van der Waals surface area contributed by atoms with E-state index in [0.29, 0.717) is 18.1 Å². The first kappa shape index (κ1) is 16.2. The summed E-state index contributed by atoms with van der Waals surface area (Å²) in [6.07, 6.45) is 2.96. The molecule has 1 aliphatic rings. The summed E-state index contributed by atoms with van der Waals surface area (Å²) in [5.74, 6) is 0.0217. The van der Waals surface area contributed by atoms with E-state index in [4.69, 9.17) is 4.74 Å². The van der Waals surface area contributed by atoms with Gasteiger partial charge in [0.25, 0.3) is 0 Å². The third-order valence-electron chi connectivity index (χ3n) is 3.71. The van der Waals surface area contributed by atoms with Crippen LogP contribution in [0.2, 0.25) is 0 Å². The third-order valence-corrected chi connectivity index (χ3v) is 3.71. The van der Waals surface area contributed by atoms with Crippen molar-refractivity contribution in [1.29, 1.82) is 0 Å². The van der Waals surface area contributed by atoms with Crippen LogP contribution in [-0.4, -0.2) is 43.3 Å². The van der Waals surface area contributed by atoms with Crippen LogP contribution in [0.4, 0.5) is 10.6 Å². The Morgan fingerprint density at radius 3 is 2.68 bits per heavy atom. The van der Waals surface area contributed by atoms with Gasteiger partial charge >= 0.3 is 12.0 Å². The average Bonchev–Trinajstić information content (AvgIpc) is 2.45. The molecule has 120 valence electrons. The monoisotopic (exact) mass is 307 g/mol. The number of aromatic nitrogens is 1. The van der Waals surface area contributed by atoms with Crippen molar-refractivity contribution < 1.29 is 19.1 Å². The van der Waals surface area contributed by atoms with Gasteiger partial charge in [-0.05, 0) is 31.4 Å². The first-order valence-electron chi connectivity index (χ1n) is 7.18. The lowest BCUT2D eigenvalue weighted by molar-refractivity contribution is -0.139. The lowest BCUT2D eigenvalue weighted by Crippen LogP contribution is -2.57. The van der Waals surface area contributed by atoms with E-state index in [0.717, 1.165) is 19.3 Å². The molecule has 0 radical (unpaired) electrons. The number of anilines is 1. The van der Waals surface area contributed by atoms with E-state index in [-0.39, 0.29) is 24.0 Å². The zero-order chi connectivity index (χ0) is 16.0. The number of carbonyl (C=O) groups excluding carboxylic acids is 2. The Hall–Kier alpha value is -2.15. The summed E-state index contributed by atoms with van der Waals surface area (Å²) in [6.45, 7) is 0.496. The minimum atomic E-state index is -0.373. The maximum atomic E-state index is 12.1. The van der Waals surface area contributed by atoms with E-state index in [1.54, 1.807) is 25.3 Å². The second-order valence-electron chi connectivity index (χ2n) is 5.41. The molecule has 1 aromatic heterocycles. The predicted octanol–water partition coefficient (Wildman–Crippen LogP) is 1.49. The Labute approximate surface area is 129 Å². The van der Waals surface area contributed by atoms with Crippen LogP contribution in [0.1, 0.15) is 25.0 Å². The number of nitrogens with one attached hydrogen (secondary N) is 2. The number of methoxy groups -OCH3 is 2. The molecule has 0 unspecified atom stereocenters. The van der Waals surface area contributed by atoms with Crippen molar-refractivity contribution in [2.75, 3.05) is 26.1 Å². The highest BCUT2D eigenvalue weighted by atomic mass is 16.5. The van der Waals surface area contributed by atoms with E-state index in [1.807, 2.05) is 0 Å². The van der Waals surface area contributed by atoms with Gasteiger partial charge in [-0.3, -0.25) is 10.1 Å². The number of hydrogen-bond acceptors (Lipinski definition) is 5. The number of carbonyl (C=O) groups is 2. The second-order valence-corrected chi connectivity index (χ2v) is 5.41. The fourth-order valence-electron chi connectivity index (χ4n) is 2.44. The summed E-state index contributed by atoms with van der Waals surface area (Å²) in [6, 6.07) is 4.79. The molecule has 0 bridgehead atoms. The number of rotatable bonds is 6. The zero-order valence-electron chi connectivity index (χ0n) is 12.8. The molecular formula is C15H21N3O4. The number of hydrogen-bond donors (Lipinski definition) is 2. The SMILES string of the molecule is COCC1(NC(=O)Nc2cccc(CC(=O)OC)n2)CCC1. The van der Waals surface area contributed by atoms with Gasteiger partial charge in [0, 0.05) is 7.11 Å². The summed E-state index contributed by atoms with van der Waals surface area (Å²) in [5.41, 5.74) is 0.266. The van der Waals surface area contributed by atoms with E-state index in [2.05, 4.69) is 20.4 Å². The zero-order valence-corrected chi connectivity index (χ0v) is 12.8. The van der Waals surface area contributed by atoms with Crippen molar-refractivity contribution in [2.45, 2.75) is 31.2 Å². The van der Waals surface area contributed by atoms with Gasteiger partial charge in [0.2, 0.25) is 0 Å². The highest BCUT2D eigenvalue weighted by Crippen LogP contribution is 2.31. The molecule has 2 amide bonds. The number of amides is 2. The Morgan fingerprint density at radius 1 is 1.32 bits per heavy atom. The molecule has 2 N–H and O–H groups in total. The maximum absolute atomic E-state index is 12.1. The second kappa shape index (κ2) is 7.22. The van der Waals surface area contributed by atoms with Crippen LogP contribution in [0.15, 0.2) is 18.2 Å². The minimum absolute atomic E-state index is 0.0707. The Morgan fingerprint density at radius 2 is 2.09 bits per heavy atom. The molecule has 0 aromatic carbocycles. The first-order chi connectivity index (χ1) is 10.6. The fraction of sp³-hybridized carbons (Fsp3) is 0.533. The van der Waals surface area contributed by atoms with Gasteiger partial charge in [0.15, 0.2) is 0 Å². The Bertz CT molecular complexity index is 543. The van der Waals surface area contributed by atoms with Crippen LogP contribution in [0.5, 0.6) is 0 Å². The van der Waals surface area contributed by atoms with Crippen LogP contribution in [0.3, 0.4) is 0 Å². The summed E-state index contributed by atoms with van der Waals surface area (Å²) in [7, 11) is 2.95. The van der Waals surface area contributed by atoms with E-state index in [1.165, 1.54) is 7.11 Å². The van der Waals surface area contributed by atoms with E-state index < -0.39 is 0 Å². The number of ether oxygens (including phenoxy) is 2. The average molecular weight is 307 g/mol. The van der Waals surface area contributed by atoms with Gasteiger partial charge in [-0.2, -0.15) is 0 Å². The van der Waals surface area contributed by atoms with Gasteiger partial charge in [0.1, 0.15) is 5.82 Å². The topological polar surface area (TPSA) is 89.6 Å². The lowest BCUT2D eigenvalue weighted by Gasteiger charge is -2.41. The Kier molecular flexibility index (Phi) is 5.32. The number of pyridine rings is 1. The number of esters is 1. The summed E-state index contributed by atoms with van der Waals surface area (Å²) >= 11 is 0. The predicted molar refractivity (Wildman–Crippen MR) is 80.6 cm³/mol. The van der Waals surface area contributed by atoms with Crippen molar-refractivity contribution in [3.63, 3.8) is 0 Å². The van der Waals surface area contributed by atoms with Crippen molar-refractivity contribution in [3.05, 3.63) is 23.9 Å². The normalized spacial score (nSPS) is 15.5. The van der Waals surface area contributed by atoms with E-state index in [9.17, 15) is 9.59 Å². The lowest BCUT2D eigenvalue weighted by atomic mass is 9.77. The maximum Gasteiger partial charge on any atom is 0.320 e. The van der Waals surface area contributed by atoms with Crippen LogP contribution < -0.4 is 10.6 Å². The minimum Gasteiger partial charge on any atom is -0.469 e. The molecule has 1 aromatic rings.